The molecular weight excluding hydrogens is 406 g/mol. The van der Waals surface area contributed by atoms with Crippen molar-refractivity contribution in [1.82, 2.24) is 34.7 Å². The lowest BCUT2D eigenvalue weighted by Gasteiger charge is -2.32. The number of aromatic amines is 1. The van der Waals surface area contributed by atoms with Gasteiger partial charge in [0.1, 0.15) is 6.04 Å². The van der Waals surface area contributed by atoms with E-state index in [0.717, 1.165) is 22.6 Å². The third-order valence-electron chi connectivity index (χ3n) is 5.89. The van der Waals surface area contributed by atoms with Gasteiger partial charge in [-0.25, -0.2) is 9.50 Å². The van der Waals surface area contributed by atoms with E-state index in [2.05, 4.69) is 46.1 Å². The van der Waals surface area contributed by atoms with Crippen molar-refractivity contribution in [2.24, 2.45) is 0 Å². The average molecular weight is 434 g/mol. The molecule has 4 aromatic rings. The molecule has 0 saturated heterocycles. The van der Waals surface area contributed by atoms with Crippen LogP contribution in [0.1, 0.15) is 85.8 Å². The highest BCUT2D eigenvalue weighted by Gasteiger charge is 2.38. The molecule has 0 aliphatic carbocycles. The second kappa shape index (κ2) is 7.29. The standard InChI is InChI=1S/C23H27N7O2/c1-13(2)14-7-6-9-30-17(14)11-16(28-30)19-18-15(24-12-25-18)8-10-29(19)21(31)20-26-27-22(32-20)23(3,4)5/h6-7,9,11-13,19H,8,10H2,1-5H3,(H,24,25). The molecule has 0 aromatic carbocycles. The first kappa shape index (κ1) is 20.4. The molecule has 1 unspecified atom stereocenters. The minimum atomic E-state index is -0.442. The summed E-state index contributed by atoms with van der Waals surface area (Å²) in [5, 5.41) is 13.0. The first-order chi connectivity index (χ1) is 15.2. The number of aromatic nitrogens is 6. The highest BCUT2D eigenvalue weighted by molar-refractivity contribution is 5.90. The Kier molecular flexibility index (Phi) is 4.65. The van der Waals surface area contributed by atoms with Crippen molar-refractivity contribution in [1.29, 1.82) is 0 Å². The van der Waals surface area contributed by atoms with Gasteiger partial charge in [-0.1, -0.05) is 40.7 Å². The number of hydrogen-bond acceptors (Lipinski definition) is 6. The zero-order valence-electron chi connectivity index (χ0n) is 19.0. The lowest BCUT2D eigenvalue weighted by molar-refractivity contribution is 0.0642. The Balaban J connectivity index is 1.60. The fraction of sp³-hybridized carbons (Fsp3) is 0.435. The number of imidazole rings is 1. The summed E-state index contributed by atoms with van der Waals surface area (Å²) in [6.07, 6.45) is 4.27. The van der Waals surface area contributed by atoms with Crippen LogP contribution in [0.5, 0.6) is 0 Å². The summed E-state index contributed by atoms with van der Waals surface area (Å²) in [4.78, 5) is 23.0. The molecule has 5 heterocycles. The number of fused-ring (bicyclic) bond motifs is 2. The number of hydrogen-bond donors (Lipinski definition) is 1. The Labute approximate surface area is 185 Å². The zero-order valence-corrected chi connectivity index (χ0v) is 19.0. The molecule has 1 atom stereocenters. The molecule has 4 aromatic heterocycles. The predicted molar refractivity (Wildman–Crippen MR) is 117 cm³/mol. The van der Waals surface area contributed by atoms with Gasteiger partial charge in [0, 0.05) is 30.3 Å². The van der Waals surface area contributed by atoms with Crippen LogP contribution in [0.2, 0.25) is 0 Å². The lowest BCUT2D eigenvalue weighted by Crippen LogP contribution is -2.41. The maximum absolute atomic E-state index is 13.5. The number of carbonyl (C=O) groups excluding carboxylic acids is 1. The second-order valence-electron chi connectivity index (χ2n) is 9.60. The van der Waals surface area contributed by atoms with E-state index in [1.807, 2.05) is 37.5 Å². The third kappa shape index (κ3) is 3.28. The van der Waals surface area contributed by atoms with Crippen LogP contribution < -0.4 is 0 Å². The van der Waals surface area contributed by atoms with Crippen LogP contribution in [0.4, 0.5) is 0 Å². The SMILES string of the molecule is CC(C)c1cccn2nc(C3c4nc[nH]c4CCN3C(=O)c3nnc(C(C)(C)C)o3)cc12. The molecule has 1 aliphatic heterocycles. The Bertz CT molecular complexity index is 1290. The molecule has 1 aliphatic rings. The van der Waals surface area contributed by atoms with Crippen LogP contribution in [0.3, 0.4) is 0 Å². The molecule has 9 heteroatoms. The smallest absolute Gasteiger partial charge is 0.312 e. The summed E-state index contributed by atoms with van der Waals surface area (Å²) < 4.78 is 7.63. The maximum atomic E-state index is 13.5. The van der Waals surface area contributed by atoms with Gasteiger partial charge >= 0.3 is 11.8 Å². The second-order valence-corrected chi connectivity index (χ2v) is 9.60. The van der Waals surface area contributed by atoms with Gasteiger partial charge < -0.3 is 14.3 Å². The van der Waals surface area contributed by atoms with Gasteiger partial charge in [0.2, 0.25) is 5.89 Å². The van der Waals surface area contributed by atoms with Crippen LogP contribution in [0.25, 0.3) is 5.52 Å². The van der Waals surface area contributed by atoms with Crippen molar-refractivity contribution in [2.75, 3.05) is 6.54 Å². The summed E-state index contributed by atoms with van der Waals surface area (Å²) in [5.74, 6) is 0.463. The highest BCUT2D eigenvalue weighted by atomic mass is 16.4. The summed E-state index contributed by atoms with van der Waals surface area (Å²) in [5.41, 5.74) is 4.47. The number of nitrogens with one attached hydrogen (secondary N) is 1. The fourth-order valence-electron chi connectivity index (χ4n) is 4.21. The molecule has 1 N–H and O–H groups in total. The van der Waals surface area contributed by atoms with E-state index in [0.29, 0.717) is 24.8 Å². The minimum Gasteiger partial charge on any atom is -0.416 e. The summed E-state index contributed by atoms with van der Waals surface area (Å²) in [6, 6.07) is 5.72. The molecule has 0 bridgehead atoms. The van der Waals surface area contributed by atoms with Gasteiger partial charge in [0.25, 0.3) is 0 Å². The van der Waals surface area contributed by atoms with E-state index in [4.69, 9.17) is 9.52 Å². The first-order valence-electron chi connectivity index (χ1n) is 10.9. The minimum absolute atomic E-state index is 0.00876. The fourth-order valence-corrected chi connectivity index (χ4v) is 4.21. The normalized spacial score (nSPS) is 16.7. The summed E-state index contributed by atoms with van der Waals surface area (Å²) >= 11 is 0. The van der Waals surface area contributed by atoms with Gasteiger partial charge in [-0.2, -0.15) is 5.10 Å². The molecular formula is C23H27N7O2. The van der Waals surface area contributed by atoms with E-state index < -0.39 is 6.04 Å². The predicted octanol–water partition coefficient (Wildman–Crippen LogP) is 3.65. The molecule has 1 amide bonds. The van der Waals surface area contributed by atoms with Crippen molar-refractivity contribution in [2.45, 2.75) is 58.4 Å². The Morgan fingerprint density at radius 2 is 2.09 bits per heavy atom. The molecule has 0 radical (unpaired) electrons. The molecule has 0 fully saturated rings. The molecule has 0 saturated carbocycles. The Morgan fingerprint density at radius 3 is 2.81 bits per heavy atom. The third-order valence-corrected chi connectivity index (χ3v) is 5.89. The van der Waals surface area contributed by atoms with Crippen LogP contribution in [0.15, 0.2) is 35.1 Å². The number of amides is 1. The van der Waals surface area contributed by atoms with Crippen molar-refractivity contribution in [3.8, 4) is 0 Å². The van der Waals surface area contributed by atoms with Crippen LogP contribution >= 0.6 is 0 Å². The van der Waals surface area contributed by atoms with E-state index >= 15 is 0 Å². The molecule has 5 rings (SSSR count). The largest absolute Gasteiger partial charge is 0.416 e. The molecule has 32 heavy (non-hydrogen) atoms. The van der Waals surface area contributed by atoms with Crippen LogP contribution in [-0.4, -0.2) is 47.1 Å². The number of pyridine rings is 1. The maximum Gasteiger partial charge on any atom is 0.312 e. The Hall–Kier alpha value is -3.49. The molecule has 166 valence electrons. The van der Waals surface area contributed by atoms with Gasteiger partial charge in [-0.3, -0.25) is 4.79 Å². The van der Waals surface area contributed by atoms with Gasteiger partial charge in [-0.15, -0.1) is 10.2 Å². The van der Waals surface area contributed by atoms with Gasteiger partial charge in [0.15, 0.2) is 0 Å². The van der Waals surface area contributed by atoms with Crippen molar-refractivity contribution in [3.63, 3.8) is 0 Å². The monoisotopic (exact) mass is 433 g/mol. The quantitative estimate of drug-likeness (QED) is 0.529. The van der Waals surface area contributed by atoms with Gasteiger partial charge in [-0.05, 0) is 23.6 Å². The topological polar surface area (TPSA) is 105 Å². The van der Waals surface area contributed by atoms with Crippen molar-refractivity contribution < 1.29 is 9.21 Å². The Morgan fingerprint density at radius 1 is 1.28 bits per heavy atom. The summed E-state index contributed by atoms with van der Waals surface area (Å²) in [6.45, 7) is 10.7. The molecule has 9 nitrogen and oxygen atoms in total. The van der Waals surface area contributed by atoms with Crippen molar-refractivity contribution in [3.05, 3.63) is 65.1 Å². The average Bonchev–Trinajstić information content (AvgIpc) is 3.50. The lowest BCUT2D eigenvalue weighted by atomic mass is 9.97. The number of carbonyl (C=O) groups is 1. The van der Waals surface area contributed by atoms with E-state index in [1.165, 1.54) is 5.56 Å². The number of nitrogens with zero attached hydrogens (tertiary/aromatic N) is 6. The number of H-pyrrole nitrogens is 1. The zero-order chi connectivity index (χ0) is 22.6. The van der Waals surface area contributed by atoms with Crippen molar-refractivity contribution >= 4 is 11.4 Å². The van der Waals surface area contributed by atoms with E-state index in [9.17, 15) is 4.79 Å². The summed E-state index contributed by atoms with van der Waals surface area (Å²) in [7, 11) is 0. The van der Waals surface area contributed by atoms with Gasteiger partial charge in [0.05, 0.1) is 23.2 Å². The highest BCUT2D eigenvalue weighted by Crippen LogP contribution is 2.35. The molecule has 0 spiro atoms. The first-order valence-corrected chi connectivity index (χ1v) is 10.9. The van der Waals surface area contributed by atoms with E-state index in [1.54, 1.807) is 11.2 Å². The number of rotatable bonds is 3. The van der Waals surface area contributed by atoms with Crippen LogP contribution in [-0.2, 0) is 11.8 Å². The van der Waals surface area contributed by atoms with Crippen LogP contribution in [0, 0.1) is 0 Å². The van der Waals surface area contributed by atoms with E-state index in [-0.39, 0.29) is 17.2 Å².